The number of allylic oxidation sites excluding steroid dienone is 1. The van der Waals surface area contributed by atoms with Crippen LogP contribution in [0.4, 0.5) is 36.3 Å². The van der Waals surface area contributed by atoms with Gasteiger partial charge >= 0.3 is 5.92 Å². The fraction of sp³-hybridized carbons (Fsp3) is 0.250. The Hall–Kier alpha value is -2.77. The van der Waals surface area contributed by atoms with Gasteiger partial charge in [0.2, 0.25) is 5.95 Å². The predicted molar refractivity (Wildman–Crippen MR) is 87.6 cm³/mol. The Labute approximate surface area is 137 Å². The van der Waals surface area contributed by atoms with E-state index in [1.807, 2.05) is 18.2 Å². The van der Waals surface area contributed by atoms with Crippen molar-refractivity contribution in [3.63, 3.8) is 0 Å². The van der Waals surface area contributed by atoms with Crippen molar-refractivity contribution in [2.24, 2.45) is 0 Å². The molecule has 0 saturated carbocycles. The van der Waals surface area contributed by atoms with Gasteiger partial charge in [0, 0.05) is 42.3 Å². The van der Waals surface area contributed by atoms with E-state index in [0.717, 1.165) is 28.8 Å². The summed E-state index contributed by atoms with van der Waals surface area (Å²) in [6, 6.07) is 5.60. The summed E-state index contributed by atoms with van der Waals surface area (Å²) in [5, 5.41) is 8.73. The fourth-order valence-electron chi connectivity index (χ4n) is 2.55. The van der Waals surface area contributed by atoms with E-state index in [4.69, 9.17) is 0 Å². The van der Waals surface area contributed by atoms with Gasteiger partial charge in [0.1, 0.15) is 5.82 Å². The molecular formula is C16H16F3N5. The Morgan fingerprint density at radius 1 is 1.38 bits per heavy atom. The number of nitrogens with one attached hydrogen (secondary N) is 3. The number of hydrogen-bond donors (Lipinski definition) is 3. The maximum atomic E-state index is 13.6. The molecule has 24 heavy (non-hydrogen) atoms. The molecule has 0 radical (unpaired) electrons. The van der Waals surface area contributed by atoms with E-state index in [-0.39, 0.29) is 11.8 Å². The van der Waals surface area contributed by atoms with Crippen LogP contribution < -0.4 is 16.0 Å². The Bertz CT molecular complexity index is 791. The average molecular weight is 335 g/mol. The first-order chi connectivity index (χ1) is 11.4. The first-order valence-corrected chi connectivity index (χ1v) is 7.27. The van der Waals surface area contributed by atoms with Crippen LogP contribution in [0.2, 0.25) is 0 Å². The maximum Gasteiger partial charge on any atom is 0.306 e. The highest BCUT2D eigenvalue weighted by Gasteiger charge is 2.35. The second kappa shape index (κ2) is 6.03. The minimum absolute atomic E-state index is 0.120. The van der Waals surface area contributed by atoms with Gasteiger partial charge in [0.25, 0.3) is 0 Å². The molecule has 0 saturated heterocycles. The third-order valence-corrected chi connectivity index (χ3v) is 3.71. The van der Waals surface area contributed by atoms with Crippen LogP contribution in [-0.4, -0.2) is 23.7 Å². The van der Waals surface area contributed by atoms with E-state index in [1.54, 1.807) is 0 Å². The molecule has 3 N–H and O–H groups in total. The van der Waals surface area contributed by atoms with Gasteiger partial charge in [0.15, 0.2) is 6.67 Å². The monoisotopic (exact) mass is 335 g/mol. The molecule has 0 unspecified atom stereocenters. The molecule has 2 heterocycles. The Morgan fingerprint density at radius 3 is 2.88 bits per heavy atom. The van der Waals surface area contributed by atoms with Crippen molar-refractivity contribution in [3.8, 4) is 0 Å². The zero-order valence-electron chi connectivity index (χ0n) is 13.0. The average Bonchev–Trinajstić information content (AvgIpc) is 2.96. The highest BCUT2D eigenvalue weighted by atomic mass is 19.3. The second-order valence-electron chi connectivity index (χ2n) is 5.41. The summed E-state index contributed by atoms with van der Waals surface area (Å²) in [7, 11) is 1.44. The summed E-state index contributed by atoms with van der Waals surface area (Å²) < 4.78 is 39.7. The lowest BCUT2D eigenvalue weighted by molar-refractivity contribution is -0.0279. The number of hydrogen-bond acceptors (Lipinski definition) is 5. The molecular weight excluding hydrogens is 319 g/mol. The van der Waals surface area contributed by atoms with Crippen molar-refractivity contribution >= 4 is 23.1 Å². The number of benzene rings is 1. The molecule has 0 spiro atoms. The number of aromatic nitrogens is 2. The van der Waals surface area contributed by atoms with Gasteiger partial charge in [-0.15, -0.1) is 0 Å². The van der Waals surface area contributed by atoms with Crippen LogP contribution in [0.3, 0.4) is 0 Å². The quantitative estimate of drug-likeness (QED) is 0.776. The molecule has 0 bridgehead atoms. The Kier molecular flexibility index (Phi) is 4.04. The van der Waals surface area contributed by atoms with Crippen molar-refractivity contribution in [2.75, 3.05) is 29.7 Å². The molecule has 0 fully saturated rings. The van der Waals surface area contributed by atoms with Crippen molar-refractivity contribution < 1.29 is 13.2 Å². The van der Waals surface area contributed by atoms with Crippen LogP contribution >= 0.6 is 0 Å². The minimum atomic E-state index is -3.63. The molecule has 0 atom stereocenters. The van der Waals surface area contributed by atoms with Crippen molar-refractivity contribution in [3.05, 3.63) is 47.8 Å². The number of alkyl halides is 3. The summed E-state index contributed by atoms with van der Waals surface area (Å²) in [6.45, 7) is 2.09. The minimum Gasteiger partial charge on any atom is -0.373 e. The molecule has 5 nitrogen and oxygen atoms in total. The number of halogens is 3. The first-order valence-electron chi connectivity index (χ1n) is 7.27. The Morgan fingerprint density at radius 2 is 2.17 bits per heavy atom. The topological polar surface area (TPSA) is 61.9 Å². The second-order valence-corrected chi connectivity index (χ2v) is 5.41. The van der Waals surface area contributed by atoms with E-state index >= 15 is 0 Å². The molecule has 1 aromatic carbocycles. The van der Waals surface area contributed by atoms with E-state index in [0.29, 0.717) is 6.42 Å². The van der Waals surface area contributed by atoms with E-state index in [9.17, 15) is 13.2 Å². The summed E-state index contributed by atoms with van der Waals surface area (Å²) in [5.74, 6) is -3.61. The van der Waals surface area contributed by atoms with Crippen LogP contribution in [0.25, 0.3) is 0 Å². The summed E-state index contributed by atoms with van der Waals surface area (Å²) in [4.78, 5) is 7.91. The molecule has 1 aliphatic rings. The molecule has 3 rings (SSSR count). The van der Waals surface area contributed by atoms with Gasteiger partial charge in [0.05, 0.1) is 5.56 Å². The number of anilines is 4. The largest absolute Gasteiger partial charge is 0.373 e. The van der Waals surface area contributed by atoms with Crippen LogP contribution in [0, 0.1) is 0 Å². The maximum absolute atomic E-state index is 13.6. The van der Waals surface area contributed by atoms with E-state index in [1.165, 1.54) is 7.05 Å². The number of rotatable bonds is 5. The molecule has 0 aliphatic carbocycles. The van der Waals surface area contributed by atoms with Crippen molar-refractivity contribution in [1.82, 2.24) is 9.97 Å². The zero-order valence-corrected chi connectivity index (χ0v) is 13.0. The van der Waals surface area contributed by atoms with Crippen molar-refractivity contribution in [2.45, 2.75) is 12.3 Å². The normalized spacial score (nSPS) is 13.4. The Balaban J connectivity index is 1.93. The van der Waals surface area contributed by atoms with Gasteiger partial charge in [-0.1, -0.05) is 12.6 Å². The molecule has 8 heteroatoms. The van der Waals surface area contributed by atoms with Crippen molar-refractivity contribution in [1.29, 1.82) is 0 Å². The fourth-order valence-corrected chi connectivity index (χ4v) is 2.55. The van der Waals surface area contributed by atoms with Gasteiger partial charge in [-0.05, 0) is 12.1 Å². The smallest absolute Gasteiger partial charge is 0.306 e. The number of fused-ring (bicyclic) bond motifs is 1. The van der Waals surface area contributed by atoms with E-state index in [2.05, 4.69) is 32.5 Å². The third-order valence-electron chi connectivity index (χ3n) is 3.71. The lowest BCUT2D eigenvalue weighted by atomic mass is 10.1. The van der Waals surface area contributed by atoms with Gasteiger partial charge < -0.3 is 16.0 Å². The summed E-state index contributed by atoms with van der Waals surface area (Å²) >= 11 is 0. The van der Waals surface area contributed by atoms with Crippen LogP contribution in [0.5, 0.6) is 0 Å². The standard InChI is InChI=1S/C16H16F3N5/c1-9-6-10-12(22-9)4-3-5-13(10)23-15-21-7-11(14(20-2)24-15)16(18,19)8-17/h3-5,7,22H,1,6,8H2,2H3,(H2,20,21,23,24). The number of nitrogens with zero attached hydrogens (tertiary/aromatic N) is 2. The summed E-state index contributed by atoms with van der Waals surface area (Å²) in [5.41, 5.74) is 2.97. The molecule has 126 valence electrons. The highest BCUT2D eigenvalue weighted by molar-refractivity contribution is 5.74. The van der Waals surface area contributed by atoms with Gasteiger partial charge in [-0.2, -0.15) is 13.8 Å². The SMILES string of the molecule is C=C1Cc2c(cccc2Nc2ncc(C(F)(F)CF)c(NC)n2)N1. The molecule has 1 aliphatic heterocycles. The van der Waals surface area contributed by atoms with Gasteiger partial charge in [-0.3, -0.25) is 0 Å². The summed E-state index contributed by atoms with van der Waals surface area (Å²) in [6.07, 6.45) is 1.58. The van der Waals surface area contributed by atoms with Crippen LogP contribution in [-0.2, 0) is 12.3 Å². The highest BCUT2D eigenvalue weighted by Crippen LogP contribution is 2.36. The third kappa shape index (κ3) is 2.86. The predicted octanol–water partition coefficient (Wildman–Crippen LogP) is 3.80. The van der Waals surface area contributed by atoms with E-state index < -0.39 is 18.2 Å². The van der Waals surface area contributed by atoms with Crippen LogP contribution in [0.15, 0.2) is 36.7 Å². The first kappa shape index (κ1) is 16.1. The zero-order chi connectivity index (χ0) is 17.3. The lowest BCUT2D eigenvalue weighted by Crippen LogP contribution is -2.19. The molecule has 0 amide bonds. The van der Waals surface area contributed by atoms with Crippen LogP contribution in [0.1, 0.15) is 11.1 Å². The van der Waals surface area contributed by atoms with Gasteiger partial charge in [-0.25, -0.2) is 9.37 Å². The molecule has 1 aromatic heterocycles. The lowest BCUT2D eigenvalue weighted by Gasteiger charge is -2.17. The molecule has 2 aromatic rings.